The molecule has 2 aliphatic rings. The van der Waals surface area contributed by atoms with Gasteiger partial charge in [0.1, 0.15) is 5.75 Å². The maximum Gasteiger partial charge on any atom is 0.193 e. The van der Waals surface area contributed by atoms with Crippen LogP contribution in [0.25, 0.3) is 0 Å². The van der Waals surface area contributed by atoms with E-state index >= 15 is 0 Å². The monoisotopic (exact) mass is 478 g/mol. The Morgan fingerprint density at radius 3 is 2.92 bits per heavy atom. The Morgan fingerprint density at radius 2 is 2.24 bits per heavy atom. The van der Waals surface area contributed by atoms with Crippen molar-refractivity contribution >= 4 is 47.4 Å². The standard InChI is InChI=1S/C17H26N4O2S.HI/c1-22-15-4-2-3-14(11-15)20-16(18)19-12-17(5-10-24-13-17)21-6-8-23-9-7-21;/h2-4,11H,5-10,12-13H2,1H3,(H3,18,19,20);1H. The normalized spacial score (nSPS) is 24.6. The lowest BCUT2D eigenvalue weighted by Crippen LogP contribution is -2.56. The van der Waals surface area contributed by atoms with E-state index in [0.29, 0.717) is 5.96 Å². The molecule has 0 bridgehead atoms. The van der Waals surface area contributed by atoms with Crippen LogP contribution < -0.4 is 15.8 Å². The van der Waals surface area contributed by atoms with E-state index in [4.69, 9.17) is 15.2 Å². The average Bonchev–Trinajstić information content (AvgIpc) is 3.11. The van der Waals surface area contributed by atoms with Gasteiger partial charge in [-0.05, 0) is 24.3 Å². The molecule has 2 aliphatic heterocycles. The number of benzene rings is 1. The molecule has 2 fully saturated rings. The number of morpholine rings is 1. The topological polar surface area (TPSA) is 72.1 Å². The number of methoxy groups -OCH3 is 1. The summed E-state index contributed by atoms with van der Waals surface area (Å²) in [6.07, 6.45) is 1.16. The summed E-state index contributed by atoms with van der Waals surface area (Å²) in [7, 11) is 1.65. The van der Waals surface area contributed by atoms with Gasteiger partial charge in [0.15, 0.2) is 5.96 Å². The van der Waals surface area contributed by atoms with E-state index in [0.717, 1.165) is 56.5 Å². The van der Waals surface area contributed by atoms with Crippen molar-refractivity contribution in [2.45, 2.75) is 12.0 Å². The summed E-state index contributed by atoms with van der Waals surface area (Å²) in [6, 6.07) is 7.69. The van der Waals surface area contributed by atoms with Crippen LogP contribution in [0.4, 0.5) is 5.69 Å². The van der Waals surface area contributed by atoms with Crippen LogP contribution in [0.1, 0.15) is 6.42 Å². The first kappa shape index (κ1) is 20.6. The summed E-state index contributed by atoms with van der Waals surface area (Å²) in [5.74, 6) is 3.55. The summed E-state index contributed by atoms with van der Waals surface area (Å²) < 4.78 is 10.7. The fourth-order valence-electron chi connectivity index (χ4n) is 3.23. The molecule has 0 aliphatic carbocycles. The Labute approximate surface area is 170 Å². The number of nitrogens with one attached hydrogen (secondary N) is 1. The molecule has 8 heteroatoms. The molecule has 1 unspecified atom stereocenters. The minimum Gasteiger partial charge on any atom is -0.497 e. The molecule has 0 saturated carbocycles. The number of thioether (sulfide) groups is 1. The Balaban J connectivity index is 0.00000225. The second kappa shape index (κ2) is 9.84. The number of hydrogen-bond acceptors (Lipinski definition) is 5. The fourth-order valence-corrected chi connectivity index (χ4v) is 4.70. The van der Waals surface area contributed by atoms with Gasteiger partial charge in [-0.15, -0.1) is 24.0 Å². The van der Waals surface area contributed by atoms with Crippen molar-refractivity contribution < 1.29 is 9.47 Å². The maximum atomic E-state index is 6.11. The number of halogens is 1. The van der Waals surface area contributed by atoms with Gasteiger partial charge in [-0.3, -0.25) is 9.89 Å². The molecule has 140 valence electrons. The molecule has 0 spiro atoms. The highest BCUT2D eigenvalue weighted by Gasteiger charge is 2.40. The predicted octanol–water partition coefficient (Wildman–Crippen LogP) is 2.25. The highest BCUT2D eigenvalue weighted by Crippen LogP contribution is 2.34. The summed E-state index contributed by atoms with van der Waals surface area (Å²) in [5.41, 5.74) is 7.12. The average molecular weight is 478 g/mol. The molecule has 3 rings (SSSR count). The fraction of sp³-hybridized carbons (Fsp3) is 0.588. The van der Waals surface area contributed by atoms with Gasteiger partial charge in [-0.1, -0.05) is 6.07 Å². The molecule has 0 aromatic heterocycles. The first-order chi connectivity index (χ1) is 11.7. The second-order valence-corrected chi connectivity index (χ2v) is 7.29. The van der Waals surface area contributed by atoms with Crippen LogP contribution in [0.15, 0.2) is 29.3 Å². The molecule has 2 saturated heterocycles. The Bertz CT molecular complexity index is 576. The van der Waals surface area contributed by atoms with E-state index in [-0.39, 0.29) is 29.5 Å². The van der Waals surface area contributed by atoms with E-state index in [9.17, 15) is 0 Å². The van der Waals surface area contributed by atoms with Crippen molar-refractivity contribution in [3.63, 3.8) is 0 Å². The first-order valence-electron chi connectivity index (χ1n) is 8.33. The molecular weight excluding hydrogens is 451 g/mol. The molecular formula is C17H27IN4O2S. The quantitative estimate of drug-likeness (QED) is 0.385. The van der Waals surface area contributed by atoms with Gasteiger partial charge in [-0.2, -0.15) is 11.8 Å². The molecule has 1 aromatic rings. The zero-order valence-corrected chi connectivity index (χ0v) is 17.7. The number of anilines is 1. The van der Waals surface area contributed by atoms with Crippen molar-refractivity contribution in [2.75, 3.05) is 56.8 Å². The lowest BCUT2D eigenvalue weighted by atomic mass is 9.96. The number of aliphatic imine (C=N–C) groups is 1. The van der Waals surface area contributed by atoms with E-state index < -0.39 is 0 Å². The van der Waals surface area contributed by atoms with Crippen LogP contribution in [0.2, 0.25) is 0 Å². The van der Waals surface area contributed by atoms with Crippen LogP contribution >= 0.6 is 35.7 Å². The molecule has 1 atom stereocenters. The smallest absolute Gasteiger partial charge is 0.193 e. The molecule has 2 heterocycles. The van der Waals surface area contributed by atoms with Crippen LogP contribution in [-0.4, -0.2) is 67.9 Å². The molecule has 1 aromatic carbocycles. The third-order valence-corrected chi connectivity index (χ3v) is 5.88. The summed E-state index contributed by atoms with van der Waals surface area (Å²) in [4.78, 5) is 7.19. The highest BCUT2D eigenvalue weighted by molar-refractivity contribution is 14.0. The zero-order chi connectivity index (χ0) is 16.8. The van der Waals surface area contributed by atoms with Crippen LogP contribution in [0.3, 0.4) is 0 Å². The largest absolute Gasteiger partial charge is 0.497 e. The molecule has 3 N–H and O–H groups in total. The first-order valence-corrected chi connectivity index (χ1v) is 9.49. The molecule has 6 nitrogen and oxygen atoms in total. The van der Waals surface area contributed by atoms with Gasteiger partial charge < -0.3 is 20.5 Å². The van der Waals surface area contributed by atoms with Crippen LogP contribution in [-0.2, 0) is 4.74 Å². The lowest BCUT2D eigenvalue weighted by molar-refractivity contribution is -0.0104. The van der Waals surface area contributed by atoms with Gasteiger partial charge in [0, 0.05) is 30.6 Å². The Hall–Kier alpha value is -0.710. The summed E-state index contributed by atoms with van der Waals surface area (Å²) in [5, 5.41) is 3.16. The molecule has 0 radical (unpaired) electrons. The number of nitrogens with zero attached hydrogens (tertiary/aromatic N) is 2. The second-order valence-electron chi connectivity index (χ2n) is 6.18. The van der Waals surface area contributed by atoms with E-state index in [1.807, 2.05) is 36.0 Å². The minimum atomic E-state index is 0. The van der Waals surface area contributed by atoms with Gasteiger partial charge in [0.25, 0.3) is 0 Å². The van der Waals surface area contributed by atoms with Gasteiger partial charge in [0.2, 0.25) is 0 Å². The number of rotatable bonds is 5. The SMILES string of the molecule is COc1cccc(NC(N)=NCC2(N3CCOCC3)CCSC2)c1.I. The minimum absolute atomic E-state index is 0. The number of ether oxygens (including phenoxy) is 2. The van der Waals surface area contributed by atoms with E-state index in [1.54, 1.807) is 7.11 Å². The summed E-state index contributed by atoms with van der Waals surface area (Å²) >= 11 is 2.01. The summed E-state index contributed by atoms with van der Waals surface area (Å²) in [6.45, 7) is 4.32. The highest BCUT2D eigenvalue weighted by atomic mass is 127. The van der Waals surface area contributed by atoms with Crippen molar-refractivity contribution in [2.24, 2.45) is 10.7 Å². The van der Waals surface area contributed by atoms with Crippen LogP contribution in [0, 0.1) is 0 Å². The van der Waals surface area contributed by atoms with E-state index in [2.05, 4.69) is 15.2 Å². The van der Waals surface area contributed by atoms with Gasteiger partial charge >= 0.3 is 0 Å². The number of nitrogens with two attached hydrogens (primary N) is 1. The molecule has 0 amide bonds. The van der Waals surface area contributed by atoms with Gasteiger partial charge in [0.05, 0.1) is 32.4 Å². The van der Waals surface area contributed by atoms with Crippen molar-refractivity contribution in [1.29, 1.82) is 0 Å². The van der Waals surface area contributed by atoms with E-state index in [1.165, 1.54) is 5.75 Å². The molecule has 25 heavy (non-hydrogen) atoms. The van der Waals surface area contributed by atoms with Crippen molar-refractivity contribution in [3.05, 3.63) is 24.3 Å². The van der Waals surface area contributed by atoms with Crippen LogP contribution in [0.5, 0.6) is 5.75 Å². The predicted molar refractivity (Wildman–Crippen MR) is 116 cm³/mol. The van der Waals surface area contributed by atoms with Gasteiger partial charge in [-0.25, -0.2) is 0 Å². The Kier molecular flexibility index (Phi) is 8.11. The van der Waals surface area contributed by atoms with Crippen molar-refractivity contribution in [3.8, 4) is 5.75 Å². The third-order valence-electron chi connectivity index (χ3n) is 4.65. The third kappa shape index (κ3) is 5.38. The maximum absolute atomic E-state index is 6.11. The number of guanidine groups is 1. The lowest BCUT2D eigenvalue weighted by Gasteiger charge is -2.42. The zero-order valence-electron chi connectivity index (χ0n) is 14.6. The van der Waals surface area contributed by atoms with Crippen molar-refractivity contribution in [1.82, 2.24) is 4.90 Å². The Morgan fingerprint density at radius 1 is 1.44 bits per heavy atom. The number of hydrogen-bond donors (Lipinski definition) is 2.